The molecule has 2 amide bonds. The Bertz CT molecular complexity index is 653. The van der Waals surface area contributed by atoms with Crippen molar-refractivity contribution in [3.63, 3.8) is 0 Å². The van der Waals surface area contributed by atoms with Gasteiger partial charge in [0.2, 0.25) is 5.91 Å². The minimum atomic E-state index is -0.119. The van der Waals surface area contributed by atoms with Crippen molar-refractivity contribution in [1.29, 1.82) is 0 Å². The van der Waals surface area contributed by atoms with E-state index >= 15 is 0 Å². The van der Waals surface area contributed by atoms with Gasteiger partial charge in [-0.1, -0.05) is 0 Å². The molecule has 1 aliphatic carbocycles. The van der Waals surface area contributed by atoms with Crippen LogP contribution in [0.3, 0.4) is 0 Å². The van der Waals surface area contributed by atoms with Crippen LogP contribution in [0.4, 0.5) is 0 Å². The normalized spacial score (nSPS) is 27.1. The molecule has 1 aromatic rings. The van der Waals surface area contributed by atoms with E-state index in [1.54, 1.807) is 6.20 Å². The van der Waals surface area contributed by atoms with Crippen molar-refractivity contribution in [1.82, 2.24) is 14.8 Å². The van der Waals surface area contributed by atoms with Crippen LogP contribution in [0, 0.1) is 12.8 Å². The predicted octanol–water partition coefficient (Wildman–Crippen LogP) is 2.40. The summed E-state index contributed by atoms with van der Waals surface area (Å²) >= 11 is 0. The molecule has 2 saturated heterocycles. The Morgan fingerprint density at radius 2 is 2.17 bits per heavy atom. The van der Waals surface area contributed by atoms with Crippen molar-refractivity contribution in [3.05, 3.63) is 29.6 Å². The molecule has 3 fully saturated rings. The Hall–Kier alpha value is -1.91. The molecule has 1 spiro atoms. The molecule has 3 aliphatic rings. The molecule has 0 bridgehead atoms. The van der Waals surface area contributed by atoms with Gasteiger partial charge in [0.1, 0.15) is 0 Å². The minimum Gasteiger partial charge on any atom is -0.336 e. The molecule has 0 unspecified atom stereocenters. The van der Waals surface area contributed by atoms with Gasteiger partial charge < -0.3 is 9.80 Å². The molecule has 5 nitrogen and oxygen atoms in total. The first kappa shape index (κ1) is 15.6. The molecule has 4 rings (SSSR count). The van der Waals surface area contributed by atoms with Crippen LogP contribution in [0.2, 0.25) is 0 Å². The highest BCUT2D eigenvalue weighted by Gasteiger charge is 2.49. The number of carbonyl (C=O) groups excluding carboxylic acids is 2. The Labute approximate surface area is 143 Å². The molecule has 1 aromatic heterocycles. The Kier molecular flexibility index (Phi) is 3.82. The van der Waals surface area contributed by atoms with Crippen LogP contribution in [0.25, 0.3) is 0 Å². The summed E-state index contributed by atoms with van der Waals surface area (Å²) in [6, 6.07) is 3.74. The van der Waals surface area contributed by atoms with Gasteiger partial charge in [0.05, 0.1) is 11.1 Å². The number of nitrogens with zero attached hydrogens (tertiary/aromatic N) is 3. The van der Waals surface area contributed by atoms with Crippen LogP contribution in [-0.4, -0.2) is 51.8 Å². The smallest absolute Gasteiger partial charge is 0.255 e. The van der Waals surface area contributed by atoms with Gasteiger partial charge in [0.25, 0.3) is 5.91 Å². The van der Waals surface area contributed by atoms with Gasteiger partial charge in [0, 0.05) is 37.9 Å². The molecule has 128 valence electrons. The van der Waals surface area contributed by atoms with Crippen LogP contribution in [-0.2, 0) is 4.79 Å². The average Bonchev–Trinajstić information content (AvgIpc) is 3.37. The lowest BCUT2D eigenvalue weighted by Gasteiger charge is -2.46. The number of piperidine rings is 1. The zero-order valence-electron chi connectivity index (χ0n) is 14.3. The van der Waals surface area contributed by atoms with Crippen molar-refractivity contribution >= 4 is 11.8 Å². The SMILES string of the molecule is Cc1ccc(C(=O)N2CCC[C@]3(CCC(=O)N3CC3CC3)C2)cn1. The van der Waals surface area contributed by atoms with E-state index in [0.717, 1.165) is 38.0 Å². The monoisotopic (exact) mass is 327 g/mol. The number of likely N-dealkylation sites (tertiary alicyclic amines) is 2. The van der Waals surface area contributed by atoms with Crippen LogP contribution in [0.15, 0.2) is 18.3 Å². The number of hydrogen-bond donors (Lipinski definition) is 0. The van der Waals surface area contributed by atoms with E-state index in [0.29, 0.717) is 24.4 Å². The van der Waals surface area contributed by atoms with Gasteiger partial charge >= 0.3 is 0 Å². The maximum atomic E-state index is 12.9. The van der Waals surface area contributed by atoms with Crippen molar-refractivity contribution < 1.29 is 9.59 Å². The third-order valence-corrected chi connectivity index (χ3v) is 5.82. The van der Waals surface area contributed by atoms with E-state index in [4.69, 9.17) is 0 Å². The highest BCUT2D eigenvalue weighted by atomic mass is 16.2. The third kappa shape index (κ3) is 2.80. The Balaban J connectivity index is 1.53. The fourth-order valence-corrected chi connectivity index (χ4v) is 4.22. The number of aryl methyl sites for hydroxylation is 1. The molecule has 2 aliphatic heterocycles. The van der Waals surface area contributed by atoms with Crippen molar-refractivity contribution in [2.24, 2.45) is 5.92 Å². The lowest BCUT2D eigenvalue weighted by atomic mass is 9.86. The van der Waals surface area contributed by atoms with E-state index in [9.17, 15) is 9.59 Å². The van der Waals surface area contributed by atoms with E-state index < -0.39 is 0 Å². The molecule has 5 heteroatoms. The lowest BCUT2D eigenvalue weighted by Crippen LogP contribution is -2.58. The van der Waals surface area contributed by atoms with Crippen LogP contribution < -0.4 is 0 Å². The van der Waals surface area contributed by atoms with Gasteiger partial charge in [-0.15, -0.1) is 0 Å². The second-order valence-electron chi connectivity index (χ2n) is 7.69. The van der Waals surface area contributed by atoms with Crippen molar-refractivity contribution in [3.8, 4) is 0 Å². The fraction of sp³-hybridized carbons (Fsp3) is 0.632. The topological polar surface area (TPSA) is 53.5 Å². The molecule has 0 radical (unpaired) electrons. The zero-order valence-corrected chi connectivity index (χ0v) is 14.3. The molecule has 1 saturated carbocycles. The van der Waals surface area contributed by atoms with Crippen LogP contribution >= 0.6 is 0 Å². The standard InChI is InChI=1S/C19H25N3O2/c1-14-3-6-16(11-20-14)18(24)21-10-2-8-19(13-21)9-7-17(23)22(19)12-15-4-5-15/h3,6,11,15H,2,4-5,7-10,12-13H2,1H3/t19-/m0/s1. The Morgan fingerprint density at radius 3 is 2.88 bits per heavy atom. The fourth-order valence-electron chi connectivity index (χ4n) is 4.22. The summed E-state index contributed by atoms with van der Waals surface area (Å²) < 4.78 is 0. The molecule has 0 aromatic carbocycles. The number of carbonyl (C=O) groups is 2. The third-order valence-electron chi connectivity index (χ3n) is 5.82. The minimum absolute atomic E-state index is 0.0484. The average molecular weight is 327 g/mol. The van der Waals surface area contributed by atoms with E-state index in [-0.39, 0.29) is 17.4 Å². The van der Waals surface area contributed by atoms with Gasteiger partial charge in [-0.3, -0.25) is 14.6 Å². The number of aromatic nitrogens is 1. The van der Waals surface area contributed by atoms with Crippen LogP contribution in [0.5, 0.6) is 0 Å². The molecule has 0 N–H and O–H groups in total. The summed E-state index contributed by atoms with van der Waals surface area (Å²) in [6.45, 7) is 4.27. The maximum Gasteiger partial charge on any atom is 0.255 e. The summed E-state index contributed by atoms with van der Waals surface area (Å²) in [5.74, 6) is 1.02. The van der Waals surface area contributed by atoms with E-state index in [1.807, 2.05) is 24.0 Å². The summed E-state index contributed by atoms with van der Waals surface area (Å²) in [5.41, 5.74) is 1.44. The summed E-state index contributed by atoms with van der Waals surface area (Å²) in [6.07, 6.45) is 7.70. The van der Waals surface area contributed by atoms with Gasteiger partial charge in [-0.05, 0) is 57.1 Å². The highest BCUT2D eigenvalue weighted by Crippen LogP contribution is 2.41. The second-order valence-corrected chi connectivity index (χ2v) is 7.69. The number of hydrogen-bond acceptors (Lipinski definition) is 3. The predicted molar refractivity (Wildman–Crippen MR) is 90.5 cm³/mol. The summed E-state index contributed by atoms with van der Waals surface area (Å²) in [4.78, 5) is 33.6. The summed E-state index contributed by atoms with van der Waals surface area (Å²) in [5, 5.41) is 0. The highest BCUT2D eigenvalue weighted by molar-refractivity contribution is 5.94. The number of rotatable bonds is 3. The van der Waals surface area contributed by atoms with E-state index in [2.05, 4.69) is 9.88 Å². The van der Waals surface area contributed by atoms with Crippen molar-refractivity contribution in [2.75, 3.05) is 19.6 Å². The first-order valence-electron chi connectivity index (χ1n) is 9.10. The zero-order chi connectivity index (χ0) is 16.7. The van der Waals surface area contributed by atoms with E-state index in [1.165, 1.54) is 12.8 Å². The van der Waals surface area contributed by atoms with Crippen LogP contribution in [0.1, 0.15) is 54.6 Å². The first-order valence-corrected chi connectivity index (χ1v) is 9.10. The Morgan fingerprint density at radius 1 is 1.33 bits per heavy atom. The molecule has 3 heterocycles. The van der Waals surface area contributed by atoms with Gasteiger partial charge in [0.15, 0.2) is 0 Å². The molecular formula is C19H25N3O2. The number of pyridine rings is 1. The summed E-state index contributed by atoms with van der Waals surface area (Å²) in [7, 11) is 0. The molecule has 1 atom stereocenters. The molecule has 24 heavy (non-hydrogen) atoms. The first-order chi connectivity index (χ1) is 11.6. The maximum absolute atomic E-state index is 12.9. The molecular weight excluding hydrogens is 302 g/mol. The van der Waals surface area contributed by atoms with Gasteiger partial charge in [-0.25, -0.2) is 0 Å². The second kappa shape index (κ2) is 5.87. The lowest BCUT2D eigenvalue weighted by molar-refractivity contribution is -0.132. The largest absolute Gasteiger partial charge is 0.336 e. The van der Waals surface area contributed by atoms with Gasteiger partial charge in [-0.2, -0.15) is 0 Å². The quantitative estimate of drug-likeness (QED) is 0.856. The number of amides is 2. The van der Waals surface area contributed by atoms with Crippen molar-refractivity contribution in [2.45, 2.75) is 51.0 Å².